The SMILES string of the molecule is CC(=O)c1ccc2cc(N(C)CC(=O)N3CCN(CCOC4OC(CO)C(O)C(O)C4O)CC3)ccc2c1.CCCOCCOCCNCCOC1OC(CO)C(O)C(O)C1O.CNC(=O)CN(C)c1ccc2cc(C(C)=O)ccc2c1. The molecule has 24 nitrogen and oxygen atoms in total. The first kappa shape index (κ1) is 67.4. The zero-order chi connectivity index (χ0) is 59.9. The fraction of sp³-hybridized carbons (Fsp3) is 0.586. The van der Waals surface area contributed by atoms with Gasteiger partial charge in [-0.3, -0.25) is 24.1 Å². The van der Waals surface area contributed by atoms with Gasteiger partial charge in [0.1, 0.15) is 48.8 Å². The van der Waals surface area contributed by atoms with Crippen molar-refractivity contribution >= 4 is 56.3 Å². The van der Waals surface area contributed by atoms with Gasteiger partial charge < -0.3 is 94.6 Å². The molecule has 0 bridgehead atoms. The number of rotatable bonds is 26. The summed E-state index contributed by atoms with van der Waals surface area (Å²) in [5.74, 6) is 0.101. The van der Waals surface area contributed by atoms with Gasteiger partial charge in [0, 0.05) is 96.1 Å². The lowest BCUT2D eigenvalue weighted by Crippen LogP contribution is -2.59. The predicted molar refractivity (Wildman–Crippen MR) is 306 cm³/mol. The van der Waals surface area contributed by atoms with Crippen molar-refractivity contribution in [1.29, 1.82) is 0 Å². The summed E-state index contributed by atoms with van der Waals surface area (Å²) < 4.78 is 32.1. The Balaban J connectivity index is 0.000000241. The first-order valence-electron chi connectivity index (χ1n) is 27.7. The maximum absolute atomic E-state index is 12.9. The number of nitrogens with zero attached hydrogens (tertiary/aromatic N) is 4. The van der Waals surface area contributed by atoms with E-state index in [2.05, 4.69) is 22.5 Å². The van der Waals surface area contributed by atoms with E-state index in [0.29, 0.717) is 83.3 Å². The second kappa shape index (κ2) is 34.4. The van der Waals surface area contributed by atoms with Crippen LogP contribution in [0, 0.1) is 0 Å². The van der Waals surface area contributed by atoms with Crippen LogP contribution in [0.1, 0.15) is 47.9 Å². The van der Waals surface area contributed by atoms with Gasteiger partial charge in [0.25, 0.3) is 0 Å². The fourth-order valence-electron chi connectivity index (χ4n) is 9.07. The fourth-order valence-corrected chi connectivity index (χ4v) is 9.07. The highest BCUT2D eigenvalue weighted by Crippen LogP contribution is 2.26. The number of nitrogens with one attached hydrogen (secondary N) is 2. The van der Waals surface area contributed by atoms with E-state index < -0.39 is 74.6 Å². The molecule has 82 heavy (non-hydrogen) atoms. The Morgan fingerprint density at radius 1 is 0.573 bits per heavy atom. The molecule has 0 aromatic heterocycles. The molecular weight excluding hydrogens is 1070 g/mol. The van der Waals surface area contributed by atoms with Crippen molar-refractivity contribution in [1.82, 2.24) is 20.4 Å². The van der Waals surface area contributed by atoms with Crippen LogP contribution < -0.4 is 20.4 Å². The molecule has 3 heterocycles. The Morgan fingerprint density at radius 3 is 1.50 bits per heavy atom. The number of fused-ring (bicyclic) bond motifs is 2. The third-order valence-corrected chi connectivity index (χ3v) is 14.2. The van der Waals surface area contributed by atoms with Crippen LogP contribution in [0.3, 0.4) is 0 Å². The third kappa shape index (κ3) is 20.2. The van der Waals surface area contributed by atoms with E-state index in [1.165, 1.54) is 0 Å². The summed E-state index contributed by atoms with van der Waals surface area (Å²) in [7, 11) is 5.38. The number of hydrogen-bond donors (Lipinski definition) is 10. The predicted octanol–water partition coefficient (Wildman–Crippen LogP) is -0.500. The Kier molecular flexibility index (Phi) is 28.3. The normalized spacial score (nSPS) is 23.8. The molecule has 0 aliphatic carbocycles. The number of carbonyl (C=O) groups is 4. The number of amides is 2. The lowest BCUT2D eigenvalue weighted by atomic mass is 9.99. The maximum atomic E-state index is 12.9. The minimum atomic E-state index is -1.47. The molecule has 0 saturated carbocycles. The maximum Gasteiger partial charge on any atom is 0.242 e. The molecule has 24 heteroatoms. The molecule has 3 aliphatic heterocycles. The van der Waals surface area contributed by atoms with Crippen molar-refractivity contribution in [3.8, 4) is 0 Å². The Bertz CT molecular complexity index is 2610. The quantitative estimate of drug-likeness (QED) is 0.0280. The van der Waals surface area contributed by atoms with Gasteiger partial charge in [-0.15, -0.1) is 0 Å². The molecule has 7 rings (SSSR count). The molecule has 0 radical (unpaired) electrons. The third-order valence-electron chi connectivity index (χ3n) is 14.2. The zero-order valence-corrected chi connectivity index (χ0v) is 47.9. The average molecular weight is 1160 g/mol. The Labute approximate surface area is 479 Å². The summed E-state index contributed by atoms with van der Waals surface area (Å²) in [6, 6.07) is 23.1. The van der Waals surface area contributed by atoms with E-state index >= 15 is 0 Å². The smallest absolute Gasteiger partial charge is 0.242 e. The van der Waals surface area contributed by atoms with Crippen molar-refractivity contribution < 1.29 is 88.5 Å². The van der Waals surface area contributed by atoms with E-state index in [1.54, 1.807) is 20.9 Å². The molecule has 2 amide bonds. The molecule has 10 unspecified atom stereocenters. The van der Waals surface area contributed by atoms with E-state index in [1.807, 2.05) is 102 Å². The minimum Gasteiger partial charge on any atom is -0.394 e. The van der Waals surface area contributed by atoms with Crippen molar-refractivity contribution in [2.24, 2.45) is 0 Å². The Morgan fingerprint density at radius 2 is 1.02 bits per heavy atom. The second-order valence-electron chi connectivity index (χ2n) is 20.3. The van der Waals surface area contributed by atoms with Gasteiger partial charge in [-0.05, 0) is 78.2 Å². The topological polar surface area (TPSA) is 323 Å². The number of ether oxygens (including phenoxy) is 6. The van der Waals surface area contributed by atoms with Crippen LogP contribution in [-0.4, -0.2) is 268 Å². The standard InChI is InChI=1S/C27H37N3O8.C16H18N2O2.C15H31NO8/c1-17(32)18-3-4-20-14-21(6-5-19(20)13-18)28(2)15-23(33)30-9-7-29(8-10-30)11-12-37-27-26(36)25(35)24(34)22(16-31)38-27;1-11(19)12-4-5-14-9-15(7-6-13(14)8-12)18(3)10-16(20)17-2;1-2-5-21-8-9-22-6-3-16-4-7-23-15-14(20)13(19)12(18)11(10-17)24-15/h3-6,13-14,22,24-27,31,34-36H,7-12,15-16H2,1-2H3;4-9H,10H2,1-3H3,(H,17,20);11-20H,2-10H2,1H3. The molecule has 10 N–H and O–H groups in total. The van der Waals surface area contributed by atoms with E-state index in [4.69, 9.17) is 33.5 Å². The number of ketones is 2. The number of carbonyl (C=O) groups excluding carboxylic acids is 4. The molecule has 3 fully saturated rings. The molecule has 10 atom stereocenters. The van der Waals surface area contributed by atoms with Crippen LogP contribution in [0.2, 0.25) is 0 Å². The van der Waals surface area contributed by atoms with Gasteiger partial charge in [0.15, 0.2) is 24.1 Å². The number of Topliss-reactive ketones (excluding diaryl/α,β-unsaturated/α-hetero) is 2. The van der Waals surface area contributed by atoms with Crippen molar-refractivity contribution in [2.75, 3.05) is 143 Å². The molecule has 4 aromatic rings. The number of piperazine rings is 1. The number of aliphatic hydroxyl groups is 8. The summed E-state index contributed by atoms with van der Waals surface area (Å²) in [6.45, 7) is 11.8. The van der Waals surface area contributed by atoms with Crippen LogP contribution in [0.15, 0.2) is 72.8 Å². The van der Waals surface area contributed by atoms with Crippen molar-refractivity contribution in [3.63, 3.8) is 0 Å². The number of benzene rings is 4. The molecule has 0 spiro atoms. The molecule has 3 aliphatic rings. The first-order chi connectivity index (χ1) is 39.3. The summed E-state index contributed by atoms with van der Waals surface area (Å²) >= 11 is 0. The van der Waals surface area contributed by atoms with Gasteiger partial charge in [-0.25, -0.2) is 0 Å². The highest BCUT2D eigenvalue weighted by atomic mass is 16.7. The monoisotopic (exact) mass is 1150 g/mol. The highest BCUT2D eigenvalue weighted by molar-refractivity contribution is 6.00. The van der Waals surface area contributed by atoms with Crippen LogP contribution in [0.5, 0.6) is 0 Å². The van der Waals surface area contributed by atoms with E-state index in [-0.39, 0.29) is 43.1 Å². The van der Waals surface area contributed by atoms with E-state index in [9.17, 15) is 54.9 Å². The van der Waals surface area contributed by atoms with Gasteiger partial charge in [0.2, 0.25) is 11.8 Å². The summed E-state index contributed by atoms with van der Waals surface area (Å²) in [4.78, 5) is 55.1. The van der Waals surface area contributed by atoms with Gasteiger partial charge in [0.05, 0.1) is 59.3 Å². The van der Waals surface area contributed by atoms with Gasteiger partial charge >= 0.3 is 0 Å². The summed E-state index contributed by atoms with van der Waals surface area (Å²) in [6.07, 6.45) is -11.6. The Hall–Kier alpha value is -5.36. The lowest BCUT2D eigenvalue weighted by Gasteiger charge is -2.40. The van der Waals surface area contributed by atoms with E-state index in [0.717, 1.165) is 45.9 Å². The van der Waals surface area contributed by atoms with Gasteiger partial charge in [-0.1, -0.05) is 43.3 Å². The summed E-state index contributed by atoms with van der Waals surface area (Å²) in [5.41, 5.74) is 3.28. The van der Waals surface area contributed by atoms with Crippen LogP contribution >= 0.6 is 0 Å². The largest absolute Gasteiger partial charge is 0.394 e. The molecule has 3 saturated heterocycles. The highest BCUT2D eigenvalue weighted by Gasteiger charge is 2.45. The van der Waals surface area contributed by atoms with Crippen molar-refractivity contribution in [3.05, 3.63) is 83.9 Å². The van der Waals surface area contributed by atoms with Crippen LogP contribution in [0.25, 0.3) is 21.5 Å². The second-order valence-corrected chi connectivity index (χ2v) is 20.3. The number of hydrogen-bond acceptors (Lipinski definition) is 22. The molecule has 456 valence electrons. The van der Waals surface area contributed by atoms with Crippen LogP contribution in [0.4, 0.5) is 11.4 Å². The van der Waals surface area contributed by atoms with Crippen molar-refractivity contribution in [2.45, 2.75) is 88.6 Å². The molecule has 4 aromatic carbocycles. The number of likely N-dealkylation sites (N-methyl/N-ethyl adjacent to an activating group) is 3. The minimum absolute atomic E-state index is 0.0279. The first-order valence-corrected chi connectivity index (χ1v) is 27.7. The molecular formula is C58H86N6O18. The zero-order valence-electron chi connectivity index (χ0n) is 47.9. The average Bonchev–Trinajstić information content (AvgIpc) is 3.54. The van der Waals surface area contributed by atoms with Gasteiger partial charge in [-0.2, -0.15) is 0 Å². The lowest BCUT2D eigenvalue weighted by molar-refractivity contribution is -0.301. The number of anilines is 2. The summed E-state index contributed by atoms with van der Waals surface area (Å²) in [5, 5.41) is 87.0. The van der Waals surface area contributed by atoms with Crippen LogP contribution in [-0.2, 0) is 38.0 Å². The number of aliphatic hydroxyl groups excluding tert-OH is 8.